The molecule has 4 aromatic rings. The molecule has 0 aliphatic rings. The van der Waals surface area contributed by atoms with Gasteiger partial charge in [-0.2, -0.15) is 18.3 Å². The molecular formula is C32H42F3N5O2SSi. The molecular weight excluding hydrogens is 604 g/mol. The zero-order valence-corrected chi connectivity index (χ0v) is 28.4. The number of hydrogen-bond acceptors (Lipinski definition) is 6. The molecule has 3 aromatic heterocycles. The number of fused-ring (bicyclic) bond motifs is 1. The lowest BCUT2D eigenvalue weighted by Gasteiger charge is -2.36. The smallest absolute Gasteiger partial charge is 0.389 e. The third-order valence-electron chi connectivity index (χ3n) is 7.91. The summed E-state index contributed by atoms with van der Waals surface area (Å²) in [6.07, 6.45) is -3.88. The van der Waals surface area contributed by atoms with Crippen LogP contribution < -0.4 is 4.72 Å². The number of aromatic nitrogens is 4. The first-order valence-corrected chi connectivity index (χ1v) is 18.7. The number of alkyl halides is 3. The van der Waals surface area contributed by atoms with E-state index < -0.39 is 43.1 Å². The molecule has 0 bridgehead atoms. The summed E-state index contributed by atoms with van der Waals surface area (Å²) in [7, 11) is -1.95. The molecule has 1 unspecified atom stereocenters. The molecule has 2 atom stereocenters. The molecule has 12 heteroatoms. The van der Waals surface area contributed by atoms with Crippen molar-refractivity contribution >= 4 is 30.6 Å². The summed E-state index contributed by atoms with van der Waals surface area (Å²) < 4.78 is 62.7. The standard InChI is InChI=1S/C32H42F3N5O2SSi/c1-30(2,3)43(41)39-27(17-18-32(33,34)35)26-13-10-12-25(38-26)22-15-16-23-20-36-40(28(23)19-22)29-14-9-11-24(37-29)21-42-44(7,8)31(4,5)6/h9-16,19-20,27,39H,17-18,21H2,1-8H3/t27-,43?/m0/s1. The first kappa shape index (κ1) is 34.1. The second-order valence-electron chi connectivity index (χ2n) is 13.5. The van der Waals surface area contributed by atoms with Crippen LogP contribution in [0.5, 0.6) is 0 Å². The summed E-state index contributed by atoms with van der Waals surface area (Å²) in [5, 5.41) is 5.58. The highest BCUT2D eigenvalue weighted by molar-refractivity contribution is 7.90. The average Bonchev–Trinajstić information content (AvgIpc) is 3.36. The Kier molecular flexibility index (Phi) is 10.0. The fourth-order valence-electron chi connectivity index (χ4n) is 4.18. The summed E-state index contributed by atoms with van der Waals surface area (Å²) in [4.78, 5) is 9.56. The monoisotopic (exact) mass is 645 g/mol. The van der Waals surface area contributed by atoms with Gasteiger partial charge in [-0.3, -0.25) is 4.98 Å². The van der Waals surface area contributed by atoms with Gasteiger partial charge in [-0.05, 0) is 75.7 Å². The Morgan fingerprint density at radius 1 is 0.977 bits per heavy atom. The molecule has 1 N–H and O–H groups in total. The Morgan fingerprint density at radius 2 is 1.68 bits per heavy atom. The minimum atomic E-state index is -4.34. The van der Waals surface area contributed by atoms with Crippen molar-refractivity contribution in [3.05, 3.63) is 72.2 Å². The highest BCUT2D eigenvalue weighted by Crippen LogP contribution is 2.37. The third kappa shape index (κ3) is 8.48. The lowest BCUT2D eigenvalue weighted by atomic mass is 10.1. The summed E-state index contributed by atoms with van der Waals surface area (Å²) in [6, 6.07) is 15.9. The van der Waals surface area contributed by atoms with E-state index >= 15 is 0 Å². The number of nitrogens with one attached hydrogen (secondary N) is 1. The van der Waals surface area contributed by atoms with E-state index in [0.29, 0.717) is 23.8 Å². The van der Waals surface area contributed by atoms with Crippen LogP contribution in [0.2, 0.25) is 18.1 Å². The Hall–Kier alpha value is -2.77. The van der Waals surface area contributed by atoms with Crippen LogP contribution in [-0.4, -0.2) is 43.5 Å². The van der Waals surface area contributed by atoms with E-state index in [0.717, 1.165) is 22.2 Å². The zero-order chi connectivity index (χ0) is 32.5. The van der Waals surface area contributed by atoms with Crippen molar-refractivity contribution in [2.75, 3.05) is 0 Å². The van der Waals surface area contributed by atoms with Crippen LogP contribution in [0.3, 0.4) is 0 Å². The Balaban J connectivity index is 1.64. The van der Waals surface area contributed by atoms with Crippen molar-refractivity contribution in [3.63, 3.8) is 0 Å². The third-order valence-corrected chi connectivity index (χ3v) is 14.0. The predicted molar refractivity (Wildman–Crippen MR) is 173 cm³/mol. The molecule has 4 rings (SSSR count). The fourth-order valence-corrected chi connectivity index (χ4v) is 5.98. The normalized spacial score (nSPS) is 14.6. The van der Waals surface area contributed by atoms with Gasteiger partial charge in [-0.25, -0.2) is 9.67 Å². The first-order valence-electron chi connectivity index (χ1n) is 14.6. The number of hydrogen-bond donors (Lipinski definition) is 1. The predicted octanol–water partition coefficient (Wildman–Crippen LogP) is 8.44. The Labute approximate surface area is 262 Å². The number of pyridine rings is 2. The van der Waals surface area contributed by atoms with E-state index in [9.17, 15) is 17.7 Å². The molecule has 7 nitrogen and oxygen atoms in total. The Bertz CT molecular complexity index is 1580. The SMILES string of the molecule is CC(C)(C)[S+]([O-])N[C@@H](CCC(F)(F)F)c1cccc(-c2ccc3cnn(-c4cccc(CO[Si](C)(C)C(C)(C)C)n4)c3c2)n1. The van der Waals surface area contributed by atoms with Gasteiger partial charge < -0.3 is 8.98 Å². The zero-order valence-electron chi connectivity index (χ0n) is 26.6. The van der Waals surface area contributed by atoms with E-state index in [2.05, 4.69) is 43.7 Å². The minimum Gasteiger partial charge on any atom is -0.598 e. The first-order chi connectivity index (χ1) is 20.3. The molecule has 238 valence electrons. The minimum absolute atomic E-state index is 0.0859. The van der Waals surface area contributed by atoms with Crippen LogP contribution in [0.1, 0.15) is 71.8 Å². The lowest BCUT2D eigenvalue weighted by molar-refractivity contribution is -0.136. The fraction of sp³-hybridized carbons (Fsp3) is 0.469. The quantitative estimate of drug-likeness (QED) is 0.138. The van der Waals surface area contributed by atoms with Crippen molar-refractivity contribution in [2.24, 2.45) is 0 Å². The van der Waals surface area contributed by atoms with Gasteiger partial charge in [0.05, 0.1) is 41.4 Å². The van der Waals surface area contributed by atoms with Crippen LogP contribution in [-0.2, 0) is 22.4 Å². The molecule has 0 aliphatic heterocycles. The maximum Gasteiger partial charge on any atom is 0.389 e. The molecule has 44 heavy (non-hydrogen) atoms. The lowest BCUT2D eigenvalue weighted by Crippen LogP contribution is -2.41. The van der Waals surface area contributed by atoms with E-state index in [-0.39, 0.29) is 11.5 Å². The van der Waals surface area contributed by atoms with Gasteiger partial charge in [0.15, 0.2) is 14.1 Å². The van der Waals surface area contributed by atoms with Gasteiger partial charge in [0.2, 0.25) is 0 Å². The molecule has 0 fully saturated rings. The number of benzene rings is 1. The second kappa shape index (κ2) is 12.9. The molecule has 1 aromatic carbocycles. The molecule has 0 radical (unpaired) electrons. The van der Waals surface area contributed by atoms with Crippen LogP contribution >= 0.6 is 0 Å². The van der Waals surface area contributed by atoms with Gasteiger partial charge in [-0.15, -0.1) is 4.72 Å². The largest absolute Gasteiger partial charge is 0.598 e. The number of nitrogens with zero attached hydrogens (tertiary/aromatic N) is 4. The molecule has 3 heterocycles. The summed E-state index contributed by atoms with van der Waals surface area (Å²) >= 11 is -1.58. The number of rotatable bonds is 10. The highest BCUT2D eigenvalue weighted by Gasteiger charge is 2.37. The van der Waals surface area contributed by atoms with Crippen LogP contribution in [0.25, 0.3) is 28.0 Å². The van der Waals surface area contributed by atoms with Crippen molar-refractivity contribution < 1.29 is 22.2 Å². The van der Waals surface area contributed by atoms with Crippen LogP contribution in [0.15, 0.2) is 60.8 Å². The molecule has 0 aliphatic carbocycles. The number of halogens is 3. The van der Waals surface area contributed by atoms with E-state index in [4.69, 9.17) is 14.4 Å². The highest BCUT2D eigenvalue weighted by atomic mass is 32.2. The van der Waals surface area contributed by atoms with Gasteiger partial charge in [0.1, 0.15) is 4.75 Å². The summed E-state index contributed by atoms with van der Waals surface area (Å²) in [5.41, 5.74) is 3.37. The van der Waals surface area contributed by atoms with Crippen molar-refractivity contribution in [1.29, 1.82) is 0 Å². The second-order valence-corrected chi connectivity index (χ2v) is 20.3. The molecule has 0 spiro atoms. The van der Waals surface area contributed by atoms with Gasteiger partial charge in [0, 0.05) is 28.7 Å². The Morgan fingerprint density at radius 3 is 2.34 bits per heavy atom. The topological polar surface area (TPSA) is 87.9 Å². The maximum atomic E-state index is 13.2. The van der Waals surface area contributed by atoms with E-state index in [1.54, 1.807) is 43.8 Å². The molecule has 0 saturated heterocycles. The van der Waals surface area contributed by atoms with Crippen molar-refractivity contribution in [2.45, 2.75) is 96.1 Å². The van der Waals surface area contributed by atoms with Gasteiger partial charge in [0.25, 0.3) is 0 Å². The van der Waals surface area contributed by atoms with Gasteiger partial charge >= 0.3 is 6.18 Å². The van der Waals surface area contributed by atoms with Gasteiger partial charge in [-0.1, -0.05) is 45.0 Å². The summed E-state index contributed by atoms with van der Waals surface area (Å²) in [6.45, 7) is 16.7. The van der Waals surface area contributed by atoms with E-state index in [1.165, 1.54) is 0 Å². The molecule has 0 saturated carbocycles. The molecule has 0 amide bonds. The average molecular weight is 646 g/mol. The van der Waals surface area contributed by atoms with Crippen molar-refractivity contribution in [1.82, 2.24) is 24.5 Å². The summed E-state index contributed by atoms with van der Waals surface area (Å²) in [5.74, 6) is 0.649. The van der Waals surface area contributed by atoms with Crippen LogP contribution in [0.4, 0.5) is 13.2 Å². The van der Waals surface area contributed by atoms with E-state index in [1.807, 2.05) is 42.5 Å². The van der Waals surface area contributed by atoms with Crippen LogP contribution in [0, 0.1) is 0 Å². The van der Waals surface area contributed by atoms with Crippen molar-refractivity contribution in [3.8, 4) is 17.1 Å². The maximum absolute atomic E-state index is 13.2.